The van der Waals surface area contributed by atoms with Crippen molar-refractivity contribution >= 4 is 31.5 Å². The molecular formula is C44H74NO11P. The lowest BCUT2D eigenvalue weighted by Gasteiger charge is -2.20. The summed E-state index contributed by atoms with van der Waals surface area (Å²) < 4.78 is 32.6. The molecule has 0 aromatic heterocycles. The van der Waals surface area contributed by atoms with Crippen LogP contribution in [-0.4, -0.2) is 65.7 Å². The van der Waals surface area contributed by atoms with Crippen molar-refractivity contribution in [2.24, 2.45) is 5.73 Å². The van der Waals surface area contributed by atoms with Gasteiger partial charge in [0.05, 0.1) is 13.2 Å². The Balaban J connectivity index is 4.52. The van der Waals surface area contributed by atoms with Crippen LogP contribution in [0.2, 0.25) is 0 Å². The maximum atomic E-state index is 12.6. The first-order valence-corrected chi connectivity index (χ1v) is 22.8. The fraction of sp³-hybridized carbons (Fsp3) is 0.682. The van der Waals surface area contributed by atoms with E-state index in [0.717, 1.165) is 83.5 Å². The van der Waals surface area contributed by atoms with E-state index >= 15 is 0 Å². The van der Waals surface area contributed by atoms with Crippen molar-refractivity contribution < 1.29 is 52.3 Å². The van der Waals surface area contributed by atoms with Crippen LogP contribution in [0.25, 0.3) is 0 Å². The fourth-order valence-corrected chi connectivity index (χ4v) is 6.06. The maximum absolute atomic E-state index is 12.6. The number of hydrogen-bond donors (Lipinski definition) is 3. The second kappa shape index (κ2) is 38.4. The Hall–Kier alpha value is -3.15. The molecule has 0 heterocycles. The Morgan fingerprint density at radius 1 is 0.596 bits per heavy atom. The molecule has 0 aliphatic heterocycles. The molecule has 12 nitrogen and oxygen atoms in total. The van der Waals surface area contributed by atoms with E-state index < -0.39 is 57.7 Å². The van der Waals surface area contributed by atoms with Crippen molar-refractivity contribution in [3.05, 3.63) is 60.8 Å². The Bertz CT molecular complexity index is 1260. The third-order valence-electron chi connectivity index (χ3n) is 8.71. The lowest BCUT2D eigenvalue weighted by atomic mass is 10.1. The summed E-state index contributed by atoms with van der Waals surface area (Å²) in [7, 11) is -4.75. The molecule has 0 saturated carbocycles. The van der Waals surface area contributed by atoms with Crippen LogP contribution in [0.3, 0.4) is 0 Å². The Labute approximate surface area is 343 Å². The molecule has 0 fully saturated rings. The number of allylic oxidation sites excluding steroid dienone is 10. The summed E-state index contributed by atoms with van der Waals surface area (Å²) in [5, 5.41) is 8.88. The number of esters is 2. The SMILES string of the molecule is CCCCC/C=C\C=C\C(=O)CCCCCCCC(=O)OC[C@H](COP(=O)(O)OC[C@H](N)C(=O)O)OC(=O)CCCCCC/C=C\C/C=C\C/C=C\CCCCC. The molecule has 0 saturated heterocycles. The molecule has 13 heteroatoms. The molecule has 0 amide bonds. The molecule has 4 N–H and O–H groups in total. The average Bonchev–Trinajstić information content (AvgIpc) is 3.18. The Morgan fingerprint density at radius 3 is 1.68 bits per heavy atom. The number of aliphatic carboxylic acids is 1. The van der Waals surface area contributed by atoms with Gasteiger partial charge in [-0.2, -0.15) is 0 Å². The number of ether oxygens (including phenoxy) is 2. The number of unbranched alkanes of at least 4 members (excludes halogenated alkanes) is 14. The van der Waals surface area contributed by atoms with Gasteiger partial charge in [-0.05, 0) is 76.7 Å². The number of carbonyl (C=O) groups is 4. The number of rotatable bonds is 39. The van der Waals surface area contributed by atoms with Crippen LogP contribution in [0.5, 0.6) is 0 Å². The number of hydrogen-bond acceptors (Lipinski definition) is 10. The minimum atomic E-state index is -4.75. The molecule has 0 bridgehead atoms. The molecule has 0 aliphatic rings. The lowest BCUT2D eigenvalue weighted by molar-refractivity contribution is -0.161. The number of nitrogens with two attached hydrogens (primary N) is 1. The highest BCUT2D eigenvalue weighted by Gasteiger charge is 2.28. The van der Waals surface area contributed by atoms with Crippen LogP contribution in [-0.2, 0) is 42.3 Å². The zero-order valence-corrected chi connectivity index (χ0v) is 35.8. The van der Waals surface area contributed by atoms with Crippen molar-refractivity contribution in [3.63, 3.8) is 0 Å². The van der Waals surface area contributed by atoms with Crippen molar-refractivity contribution in [2.45, 2.75) is 174 Å². The monoisotopic (exact) mass is 823 g/mol. The lowest BCUT2D eigenvalue weighted by Crippen LogP contribution is -2.34. The second-order valence-corrected chi connectivity index (χ2v) is 15.6. The fourth-order valence-electron chi connectivity index (χ4n) is 5.29. The molecular weight excluding hydrogens is 749 g/mol. The first-order valence-electron chi connectivity index (χ1n) is 21.3. The molecule has 3 atom stereocenters. The predicted molar refractivity (Wildman–Crippen MR) is 226 cm³/mol. The van der Waals surface area contributed by atoms with Gasteiger partial charge in [0.2, 0.25) is 0 Å². The normalized spacial score (nSPS) is 14.2. The highest BCUT2D eigenvalue weighted by molar-refractivity contribution is 7.47. The zero-order chi connectivity index (χ0) is 42.2. The minimum Gasteiger partial charge on any atom is -0.480 e. The number of phosphoric ester groups is 1. The number of phosphoric acid groups is 1. The topological polar surface area (TPSA) is 189 Å². The first kappa shape index (κ1) is 53.9. The van der Waals surface area contributed by atoms with Gasteiger partial charge in [-0.15, -0.1) is 0 Å². The number of carbonyl (C=O) groups excluding carboxylic acids is 3. The van der Waals surface area contributed by atoms with E-state index in [4.69, 9.17) is 24.8 Å². The summed E-state index contributed by atoms with van der Waals surface area (Å²) in [6.07, 6.45) is 39.6. The summed E-state index contributed by atoms with van der Waals surface area (Å²) in [4.78, 5) is 57.9. The summed E-state index contributed by atoms with van der Waals surface area (Å²) in [6, 6.07) is -1.55. The van der Waals surface area contributed by atoms with E-state index in [9.17, 15) is 28.6 Å². The first-order chi connectivity index (χ1) is 27.5. The van der Waals surface area contributed by atoms with Crippen LogP contribution in [0, 0.1) is 0 Å². The molecule has 0 aromatic carbocycles. The average molecular weight is 824 g/mol. The smallest absolute Gasteiger partial charge is 0.472 e. The van der Waals surface area contributed by atoms with Crippen LogP contribution >= 0.6 is 7.82 Å². The number of ketones is 1. The van der Waals surface area contributed by atoms with E-state index in [1.807, 2.05) is 6.08 Å². The third-order valence-corrected chi connectivity index (χ3v) is 9.67. The number of carboxylic acids is 1. The third kappa shape index (κ3) is 38.2. The summed E-state index contributed by atoms with van der Waals surface area (Å²) in [6.45, 7) is 2.56. The Morgan fingerprint density at radius 2 is 1.09 bits per heavy atom. The van der Waals surface area contributed by atoms with E-state index in [1.165, 1.54) is 32.1 Å². The zero-order valence-electron chi connectivity index (χ0n) is 34.9. The van der Waals surface area contributed by atoms with Gasteiger partial charge in [-0.25, -0.2) is 4.57 Å². The van der Waals surface area contributed by atoms with E-state index in [-0.39, 0.29) is 18.6 Å². The minimum absolute atomic E-state index is 0.0959. The predicted octanol–water partition coefficient (Wildman–Crippen LogP) is 10.3. The summed E-state index contributed by atoms with van der Waals surface area (Å²) in [5.74, 6) is -2.43. The molecule has 57 heavy (non-hydrogen) atoms. The van der Waals surface area contributed by atoms with Crippen LogP contribution in [0.15, 0.2) is 60.8 Å². The van der Waals surface area contributed by atoms with Gasteiger partial charge in [0.1, 0.15) is 12.6 Å². The van der Waals surface area contributed by atoms with Crippen molar-refractivity contribution in [3.8, 4) is 0 Å². The molecule has 0 radical (unpaired) electrons. The highest BCUT2D eigenvalue weighted by Crippen LogP contribution is 2.43. The molecule has 0 aromatic rings. The summed E-state index contributed by atoms with van der Waals surface area (Å²) >= 11 is 0. The van der Waals surface area contributed by atoms with Crippen molar-refractivity contribution in [1.29, 1.82) is 0 Å². The maximum Gasteiger partial charge on any atom is 0.472 e. The molecule has 0 aliphatic carbocycles. The van der Waals surface area contributed by atoms with Crippen molar-refractivity contribution in [1.82, 2.24) is 0 Å². The molecule has 1 unspecified atom stereocenters. The van der Waals surface area contributed by atoms with Crippen LogP contribution < -0.4 is 5.73 Å². The molecule has 0 rings (SSSR count). The van der Waals surface area contributed by atoms with Gasteiger partial charge in [0.15, 0.2) is 11.9 Å². The second-order valence-electron chi connectivity index (χ2n) is 14.2. The quantitative estimate of drug-likeness (QED) is 0.0133. The van der Waals surface area contributed by atoms with Crippen molar-refractivity contribution in [2.75, 3.05) is 19.8 Å². The van der Waals surface area contributed by atoms with E-state index in [0.29, 0.717) is 19.3 Å². The highest BCUT2D eigenvalue weighted by atomic mass is 31.2. The molecule has 326 valence electrons. The number of carboxylic acid groups (broad SMARTS) is 1. The van der Waals surface area contributed by atoms with Gasteiger partial charge in [0, 0.05) is 19.3 Å². The van der Waals surface area contributed by atoms with Gasteiger partial charge in [-0.3, -0.25) is 28.2 Å². The van der Waals surface area contributed by atoms with Gasteiger partial charge >= 0.3 is 25.7 Å². The van der Waals surface area contributed by atoms with Gasteiger partial charge in [0.25, 0.3) is 0 Å². The van der Waals surface area contributed by atoms with E-state index in [1.54, 1.807) is 12.2 Å². The largest absolute Gasteiger partial charge is 0.480 e. The van der Waals surface area contributed by atoms with Gasteiger partial charge in [-0.1, -0.05) is 126 Å². The summed E-state index contributed by atoms with van der Waals surface area (Å²) in [5.41, 5.74) is 5.32. The van der Waals surface area contributed by atoms with Crippen LogP contribution in [0.1, 0.15) is 162 Å². The van der Waals surface area contributed by atoms with Gasteiger partial charge < -0.3 is 25.2 Å². The van der Waals surface area contributed by atoms with Crippen LogP contribution in [0.4, 0.5) is 0 Å². The Kier molecular flexibility index (Phi) is 36.3. The standard InChI is InChI=1S/C44H74NO11P/c1-3-5-7-9-11-12-13-14-15-16-17-18-19-20-22-26-31-35-43(48)56-40(37-54-57(51,52)55-38-41(45)44(49)50)36-53-42(47)34-30-27-23-25-29-33-39(46)32-28-24-21-10-8-6-4-2/h11-12,14-15,17-18,21,24,28,32,40-41H,3-10,13,16,19-20,22-23,25-27,29-31,33-38,45H2,1-2H3,(H,49,50)(H,51,52)/b12-11-,15-14-,18-17-,24-21-,32-28+/t40-,41+/m1/s1. The van der Waals surface area contributed by atoms with E-state index in [2.05, 4.69) is 60.9 Å². The molecule has 0 spiro atoms.